The van der Waals surface area contributed by atoms with Gasteiger partial charge in [-0.3, -0.25) is 9.78 Å². The fourth-order valence-corrected chi connectivity index (χ4v) is 2.07. The molecular formula is C10H6F3N3OS. The number of halogens is 3. The van der Waals surface area contributed by atoms with Crippen molar-refractivity contribution in [3.63, 3.8) is 0 Å². The van der Waals surface area contributed by atoms with Gasteiger partial charge in [-0.2, -0.15) is 13.2 Å². The third-order valence-corrected chi connectivity index (χ3v) is 2.92. The highest BCUT2D eigenvalue weighted by Crippen LogP contribution is 2.37. The van der Waals surface area contributed by atoms with E-state index in [1.807, 2.05) is 0 Å². The molecule has 0 spiro atoms. The van der Waals surface area contributed by atoms with Gasteiger partial charge in [-0.25, -0.2) is 4.98 Å². The second-order valence-electron chi connectivity index (χ2n) is 3.21. The highest BCUT2D eigenvalue weighted by atomic mass is 32.2. The Balaban J connectivity index is 2.38. The van der Waals surface area contributed by atoms with Crippen LogP contribution in [-0.4, -0.2) is 15.0 Å². The van der Waals surface area contributed by atoms with E-state index in [1.54, 1.807) is 0 Å². The van der Waals surface area contributed by atoms with Crippen molar-refractivity contribution in [3.05, 3.63) is 46.6 Å². The molecule has 0 bridgehead atoms. The second kappa shape index (κ2) is 4.81. The summed E-state index contributed by atoms with van der Waals surface area (Å²) in [6.45, 7) is 0. The molecule has 2 rings (SSSR count). The van der Waals surface area contributed by atoms with Crippen molar-refractivity contribution in [3.8, 4) is 0 Å². The van der Waals surface area contributed by atoms with Crippen molar-refractivity contribution in [2.24, 2.45) is 0 Å². The fraction of sp³-hybridized carbons (Fsp3) is 0.100. The Morgan fingerprint density at radius 3 is 2.67 bits per heavy atom. The fourth-order valence-electron chi connectivity index (χ4n) is 1.19. The zero-order valence-corrected chi connectivity index (χ0v) is 9.55. The maximum atomic E-state index is 12.7. The Morgan fingerprint density at radius 1 is 1.22 bits per heavy atom. The zero-order chi connectivity index (χ0) is 13.2. The van der Waals surface area contributed by atoms with Crippen molar-refractivity contribution in [2.75, 3.05) is 0 Å². The minimum atomic E-state index is -4.49. The molecule has 2 aromatic heterocycles. The summed E-state index contributed by atoms with van der Waals surface area (Å²) in [4.78, 5) is 20.5. The Morgan fingerprint density at radius 2 is 2.00 bits per heavy atom. The monoisotopic (exact) mass is 273 g/mol. The number of aromatic amines is 1. The zero-order valence-electron chi connectivity index (χ0n) is 8.73. The molecule has 0 saturated heterocycles. The molecule has 0 unspecified atom stereocenters. The van der Waals surface area contributed by atoms with Crippen molar-refractivity contribution in [2.45, 2.75) is 16.2 Å². The molecule has 4 nitrogen and oxygen atoms in total. The first-order valence-electron chi connectivity index (χ1n) is 4.71. The number of H-pyrrole nitrogens is 1. The number of rotatable bonds is 2. The van der Waals surface area contributed by atoms with Crippen molar-refractivity contribution >= 4 is 11.8 Å². The standard InChI is InChI=1S/C10H6F3N3OS/c11-10(12,13)6-5-14-3-1-7(6)18-9-15-4-2-8(17)16-9/h1-5H,(H,15,16,17). The van der Waals surface area contributed by atoms with Crippen LogP contribution in [0.25, 0.3) is 0 Å². The summed E-state index contributed by atoms with van der Waals surface area (Å²) in [7, 11) is 0. The molecule has 94 valence electrons. The predicted octanol–water partition coefficient (Wildman–Crippen LogP) is 2.33. The lowest BCUT2D eigenvalue weighted by molar-refractivity contribution is -0.140. The Labute approximate surface area is 103 Å². The number of nitrogens with one attached hydrogen (secondary N) is 1. The highest BCUT2D eigenvalue weighted by Gasteiger charge is 2.34. The van der Waals surface area contributed by atoms with Crippen molar-refractivity contribution < 1.29 is 13.2 Å². The van der Waals surface area contributed by atoms with E-state index in [1.165, 1.54) is 24.5 Å². The van der Waals surface area contributed by atoms with Crippen LogP contribution in [0.3, 0.4) is 0 Å². The van der Waals surface area contributed by atoms with E-state index in [2.05, 4.69) is 15.0 Å². The summed E-state index contributed by atoms with van der Waals surface area (Å²) in [6, 6.07) is 2.40. The first-order chi connectivity index (χ1) is 8.47. The Hall–Kier alpha value is -1.83. The van der Waals surface area contributed by atoms with Crippen LogP contribution in [0.1, 0.15) is 5.56 Å². The van der Waals surface area contributed by atoms with Crippen molar-refractivity contribution in [1.82, 2.24) is 15.0 Å². The van der Waals surface area contributed by atoms with Gasteiger partial charge in [0.15, 0.2) is 5.16 Å². The minimum absolute atomic E-state index is 0.0631. The van der Waals surface area contributed by atoms with E-state index in [4.69, 9.17) is 0 Å². The first kappa shape index (κ1) is 12.6. The van der Waals surface area contributed by atoms with Gasteiger partial charge in [0.1, 0.15) is 0 Å². The lowest BCUT2D eigenvalue weighted by Crippen LogP contribution is -2.08. The molecule has 0 radical (unpaired) electrons. The van der Waals surface area contributed by atoms with Crippen LogP contribution < -0.4 is 5.56 Å². The second-order valence-corrected chi connectivity index (χ2v) is 4.24. The SMILES string of the molecule is O=c1ccnc(Sc2ccncc2C(F)(F)F)[nH]1. The van der Waals surface area contributed by atoms with Crippen LogP contribution in [0.15, 0.2) is 45.6 Å². The van der Waals surface area contributed by atoms with E-state index >= 15 is 0 Å². The van der Waals surface area contributed by atoms with E-state index < -0.39 is 17.3 Å². The number of hydrogen-bond acceptors (Lipinski definition) is 4. The molecule has 8 heteroatoms. The average Bonchev–Trinajstić information content (AvgIpc) is 2.28. The molecular weight excluding hydrogens is 267 g/mol. The topological polar surface area (TPSA) is 58.6 Å². The summed E-state index contributed by atoms with van der Waals surface area (Å²) >= 11 is 0.729. The Bertz CT molecular complexity index is 612. The molecule has 2 aromatic rings. The number of aromatic nitrogens is 3. The molecule has 2 heterocycles. The largest absolute Gasteiger partial charge is 0.418 e. The van der Waals surface area contributed by atoms with Gasteiger partial charge in [0.05, 0.1) is 5.56 Å². The summed E-state index contributed by atoms with van der Waals surface area (Å²) in [5.74, 6) is 0. The summed E-state index contributed by atoms with van der Waals surface area (Å²) in [5, 5.41) is 0.0965. The third kappa shape index (κ3) is 2.89. The van der Waals surface area contributed by atoms with Gasteiger partial charge in [0, 0.05) is 29.6 Å². The van der Waals surface area contributed by atoms with Crippen LogP contribution in [0, 0.1) is 0 Å². The summed E-state index contributed by atoms with van der Waals surface area (Å²) in [5.41, 5.74) is -1.28. The van der Waals surface area contributed by atoms with Crippen LogP contribution in [0.2, 0.25) is 0 Å². The van der Waals surface area contributed by atoms with Crippen LogP contribution in [0.4, 0.5) is 13.2 Å². The van der Waals surface area contributed by atoms with E-state index in [0.29, 0.717) is 0 Å². The van der Waals surface area contributed by atoms with Gasteiger partial charge >= 0.3 is 6.18 Å². The highest BCUT2D eigenvalue weighted by molar-refractivity contribution is 7.99. The third-order valence-electron chi connectivity index (χ3n) is 1.94. The van der Waals surface area contributed by atoms with E-state index in [0.717, 1.165) is 18.0 Å². The quantitative estimate of drug-likeness (QED) is 0.853. The minimum Gasteiger partial charge on any atom is -0.301 e. The molecule has 1 N–H and O–H groups in total. The van der Waals surface area contributed by atoms with Gasteiger partial charge in [-0.1, -0.05) is 11.8 Å². The van der Waals surface area contributed by atoms with Crippen LogP contribution in [0.5, 0.6) is 0 Å². The summed E-state index contributed by atoms with van der Waals surface area (Å²) < 4.78 is 38.1. The molecule has 0 atom stereocenters. The first-order valence-corrected chi connectivity index (χ1v) is 5.53. The van der Waals surface area contributed by atoms with Gasteiger partial charge in [0.2, 0.25) is 0 Å². The van der Waals surface area contributed by atoms with E-state index in [9.17, 15) is 18.0 Å². The molecule has 0 amide bonds. The molecule has 0 aliphatic rings. The number of alkyl halides is 3. The molecule has 0 aliphatic carbocycles. The number of hydrogen-bond donors (Lipinski definition) is 1. The average molecular weight is 273 g/mol. The van der Waals surface area contributed by atoms with Gasteiger partial charge < -0.3 is 4.98 Å². The molecule has 0 aromatic carbocycles. The predicted molar refractivity (Wildman–Crippen MR) is 58.2 cm³/mol. The molecule has 0 aliphatic heterocycles. The normalized spacial score (nSPS) is 11.5. The van der Waals surface area contributed by atoms with Crippen LogP contribution >= 0.6 is 11.8 Å². The van der Waals surface area contributed by atoms with Crippen LogP contribution in [-0.2, 0) is 6.18 Å². The lowest BCUT2D eigenvalue weighted by Gasteiger charge is -2.10. The smallest absolute Gasteiger partial charge is 0.301 e. The molecule has 18 heavy (non-hydrogen) atoms. The van der Waals surface area contributed by atoms with Crippen molar-refractivity contribution in [1.29, 1.82) is 0 Å². The van der Waals surface area contributed by atoms with Gasteiger partial charge in [-0.15, -0.1) is 0 Å². The lowest BCUT2D eigenvalue weighted by atomic mass is 10.3. The number of nitrogens with zero attached hydrogens (tertiary/aromatic N) is 2. The van der Waals surface area contributed by atoms with Gasteiger partial charge in [-0.05, 0) is 6.07 Å². The number of pyridine rings is 1. The maximum Gasteiger partial charge on any atom is 0.418 e. The van der Waals surface area contributed by atoms with Gasteiger partial charge in [0.25, 0.3) is 5.56 Å². The maximum absolute atomic E-state index is 12.7. The Kier molecular flexibility index (Phi) is 3.37. The molecule has 0 saturated carbocycles. The molecule has 0 fully saturated rings. The summed E-state index contributed by atoms with van der Waals surface area (Å²) in [6.07, 6.45) is -1.27. The van der Waals surface area contributed by atoms with E-state index in [-0.39, 0.29) is 10.1 Å².